The predicted molar refractivity (Wildman–Crippen MR) is 40.5 cm³/mol. The molecular formula is C6H8BNO4. The number of carbonyl (C=O) groups excluding carboxylic acids is 3. The van der Waals surface area contributed by atoms with Crippen LogP contribution in [0.4, 0.5) is 0 Å². The van der Waals surface area contributed by atoms with E-state index in [9.17, 15) is 14.4 Å². The lowest BCUT2D eigenvalue weighted by Gasteiger charge is -2.11. The molecule has 0 aliphatic carbocycles. The number of imide groups is 1. The van der Waals surface area contributed by atoms with Crippen LogP contribution in [0.15, 0.2) is 0 Å². The average Bonchev–Trinajstić information content (AvgIpc) is 2.35. The van der Waals surface area contributed by atoms with E-state index in [0.717, 1.165) is 0 Å². The first-order valence-corrected chi connectivity index (χ1v) is 3.71. The molecule has 2 amide bonds. The smallest absolute Gasteiger partial charge is 0.325 e. The summed E-state index contributed by atoms with van der Waals surface area (Å²) in [6, 6.07) is 0. The highest BCUT2D eigenvalue weighted by Crippen LogP contribution is 2.12. The highest BCUT2D eigenvalue weighted by atomic mass is 16.7. The van der Waals surface area contributed by atoms with Crippen LogP contribution in [0.25, 0.3) is 0 Å². The van der Waals surface area contributed by atoms with E-state index in [0.29, 0.717) is 5.06 Å². The van der Waals surface area contributed by atoms with Crippen LogP contribution in [0.2, 0.25) is 6.32 Å². The second kappa shape index (κ2) is 3.38. The molecule has 5 nitrogen and oxygen atoms in total. The van der Waals surface area contributed by atoms with Crippen molar-refractivity contribution in [3.8, 4) is 0 Å². The van der Waals surface area contributed by atoms with Gasteiger partial charge in [0.05, 0.1) is 0 Å². The quantitative estimate of drug-likeness (QED) is 0.378. The molecule has 64 valence electrons. The van der Waals surface area contributed by atoms with Crippen LogP contribution in [-0.2, 0) is 19.2 Å². The number of hydrogen-bond acceptors (Lipinski definition) is 4. The summed E-state index contributed by atoms with van der Waals surface area (Å²) < 4.78 is 0. The standard InChI is InChI=1S/C6H8BNO4/c7-3-6(11)12-8-4(9)1-2-5(8)10/h1-3,7H2. The summed E-state index contributed by atoms with van der Waals surface area (Å²) >= 11 is 0. The monoisotopic (exact) mass is 169 g/mol. The van der Waals surface area contributed by atoms with Gasteiger partial charge in [-0.25, -0.2) is 0 Å². The summed E-state index contributed by atoms with van der Waals surface area (Å²) in [7, 11) is 1.59. The summed E-state index contributed by atoms with van der Waals surface area (Å²) in [4.78, 5) is 36.9. The molecule has 0 aromatic heterocycles. The maximum Gasteiger partial charge on any atom is 0.325 e. The number of nitrogens with zero attached hydrogens (tertiary/aromatic N) is 1. The third kappa shape index (κ3) is 1.64. The van der Waals surface area contributed by atoms with E-state index >= 15 is 0 Å². The Balaban J connectivity index is 2.56. The third-order valence-corrected chi connectivity index (χ3v) is 1.49. The molecule has 0 unspecified atom stereocenters. The van der Waals surface area contributed by atoms with Crippen molar-refractivity contribution in [3.63, 3.8) is 0 Å². The molecule has 12 heavy (non-hydrogen) atoms. The Morgan fingerprint density at radius 1 is 1.42 bits per heavy atom. The molecule has 1 rings (SSSR count). The van der Waals surface area contributed by atoms with Crippen molar-refractivity contribution in [2.75, 3.05) is 0 Å². The van der Waals surface area contributed by atoms with Gasteiger partial charge in [-0.1, -0.05) is 0 Å². The van der Waals surface area contributed by atoms with E-state index in [-0.39, 0.29) is 19.2 Å². The lowest BCUT2D eigenvalue weighted by atomic mass is 10.1. The molecule has 0 radical (unpaired) electrons. The van der Waals surface area contributed by atoms with Crippen molar-refractivity contribution < 1.29 is 19.2 Å². The summed E-state index contributed by atoms with van der Waals surface area (Å²) in [5.41, 5.74) is 0. The first-order chi connectivity index (χ1) is 5.65. The van der Waals surface area contributed by atoms with Crippen molar-refractivity contribution in [2.45, 2.75) is 19.2 Å². The molecule has 0 spiro atoms. The van der Waals surface area contributed by atoms with E-state index in [2.05, 4.69) is 4.84 Å². The van der Waals surface area contributed by atoms with Crippen molar-refractivity contribution >= 4 is 25.6 Å². The van der Waals surface area contributed by atoms with Crippen molar-refractivity contribution in [3.05, 3.63) is 0 Å². The van der Waals surface area contributed by atoms with E-state index in [1.165, 1.54) is 0 Å². The van der Waals surface area contributed by atoms with Crippen molar-refractivity contribution in [2.24, 2.45) is 0 Å². The summed E-state index contributed by atoms with van der Waals surface area (Å²) in [6.45, 7) is 0. The number of hydrogen-bond donors (Lipinski definition) is 0. The molecule has 1 fully saturated rings. The molecule has 0 bridgehead atoms. The highest BCUT2D eigenvalue weighted by Gasteiger charge is 2.32. The van der Waals surface area contributed by atoms with Gasteiger partial charge in [-0.2, -0.15) is 0 Å². The second-order valence-electron chi connectivity index (χ2n) is 2.40. The normalized spacial score (nSPS) is 16.8. The zero-order chi connectivity index (χ0) is 9.14. The first kappa shape index (κ1) is 8.77. The van der Waals surface area contributed by atoms with E-state index in [1.807, 2.05) is 0 Å². The van der Waals surface area contributed by atoms with Crippen molar-refractivity contribution in [1.82, 2.24) is 5.06 Å². The number of hydroxylamine groups is 2. The average molecular weight is 169 g/mol. The van der Waals surface area contributed by atoms with Gasteiger partial charge in [-0.15, -0.1) is 5.06 Å². The Bertz CT molecular complexity index is 224. The van der Waals surface area contributed by atoms with Crippen LogP contribution in [-0.4, -0.2) is 30.7 Å². The van der Waals surface area contributed by atoms with Crippen LogP contribution in [0.3, 0.4) is 0 Å². The Morgan fingerprint density at radius 2 is 1.92 bits per heavy atom. The minimum Gasteiger partial charge on any atom is -0.331 e. The predicted octanol–water partition coefficient (Wildman–Crippen LogP) is -1.35. The van der Waals surface area contributed by atoms with Gasteiger partial charge >= 0.3 is 5.97 Å². The van der Waals surface area contributed by atoms with Gasteiger partial charge in [0, 0.05) is 19.2 Å². The van der Waals surface area contributed by atoms with E-state index in [4.69, 9.17) is 0 Å². The molecule has 0 aromatic rings. The molecule has 6 heteroatoms. The molecule has 1 saturated heterocycles. The number of rotatable bonds is 2. The number of amides is 2. The molecular weight excluding hydrogens is 161 g/mol. The van der Waals surface area contributed by atoms with Gasteiger partial charge in [0.2, 0.25) is 0 Å². The third-order valence-electron chi connectivity index (χ3n) is 1.49. The zero-order valence-electron chi connectivity index (χ0n) is 6.70. The lowest BCUT2D eigenvalue weighted by Crippen LogP contribution is -2.31. The van der Waals surface area contributed by atoms with Crippen LogP contribution in [0.5, 0.6) is 0 Å². The van der Waals surface area contributed by atoms with Crippen LogP contribution in [0.1, 0.15) is 12.8 Å². The van der Waals surface area contributed by atoms with Crippen LogP contribution in [0, 0.1) is 0 Å². The minimum absolute atomic E-state index is 0.135. The molecule has 0 N–H and O–H groups in total. The molecule has 1 aliphatic rings. The summed E-state index contributed by atoms with van der Waals surface area (Å²) in [5.74, 6) is -1.46. The van der Waals surface area contributed by atoms with Gasteiger partial charge in [0.25, 0.3) is 11.8 Å². The minimum atomic E-state index is -0.571. The molecule has 0 atom stereocenters. The topological polar surface area (TPSA) is 63.7 Å². The molecule has 1 heterocycles. The van der Waals surface area contributed by atoms with Crippen molar-refractivity contribution in [1.29, 1.82) is 0 Å². The van der Waals surface area contributed by atoms with Crippen LogP contribution < -0.4 is 0 Å². The van der Waals surface area contributed by atoms with Crippen LogP contribution >= 0.6 is 0 Å². The Hall–Kier alpha value is -1.33. The number of carbonyl (C=O) groups is 3. The van der Waals surface area contributed by atoms with Gasteiger partial charge in [-0.05, 0) is 0 Å². The summed E-state index contributed by atoms with van der Waals surface area (Å²) in [5, 5.41) is 0.547. The Kier molecular flexibility index (Phi) is 2.47. The Labute approximate surface area is 70.0 Å². The fourth-order valence-corrected chi connectivity index (χ4v) is 0.824. The first-order valence-electron chi connectivity index (χ1n) is 3.71. The lowest BCUT2D eigenvalue weighted by molar-refractivity contribution is -0.195. The van der Waals surface area contributed by atoms with Gasteiger partial charge in [-0.3, -0.25) is 14.4 Å². The largest absolute Gasteiger partial charge is 0.331 e. The highest BCUT2D eigenvalue weighted by molar-refractivity contribution is 6.18. The second-order valence-corrected chi connectivity index (χ2v) is 2.40. The van der Waals surface area contributed by atoms with E-state index in [1.54, 1.807) is 7.85 Å². The summed E-state index contributed by atoms with van der Waals surface area (Å²) in [6.07, 6.45) is 0.419. The SMILES string of the molecule is BCC(=O)ON1C(=O)CCC1=O. The molecule has 0 aromatic carbocycles. The maximum absolute atomic E-state index is 10.9. The van der Waals surface area contributed by atoms with Gasteiger partial charge < -0.3 is 4.84 Å². The fraction of sp³-hybridized carbons (Fsp3) is 0.500. The fourth-order valence-electron chi connectivity index (χ4n) is 0.824. The molecule has 1 aliphatic heterocycles. The Morgan fingerprint density at radius 3 is 2.33 bits per heavy atom. The van der Waals surface area contributed by atoms with Gasteiger partial charge in [0.1, 0.15) is 7.85 Å². The zero-order valence-corrected chi connectivity index (χ0v) is 6.70. The van der Waals surface area contributed by atoms with E-state index < -0.39 is 17.8 Å². The molecule has 0 saturated carbocycles. The van der Waals surface area contributed by atoms with Gasteiger partial charge in [0.15, 0.2) is 0 Å². The maximum atomic E-state index is 10.9.